The van der Waals surface area contributed by atoms with Crippen LogP contribution in [0.15, 0.2) is 18.2 Å². The fourth-order valence-electron chi connectivity index (χ4n) is 2.33. The number of methoxy groups -OCH3 is 1. The highest BCUT2D eigenvalue weighted by atomic mass is 19.1. The van der Waals surface area contributed by atoms with Gasteiger partial charge >= 0.3 is 0 Å². The van der Waals surface area contributed by atoms with Crippen LogP contribution < -0.4 is 4.90 Å². The molecule has 1 unspecified atom stereocenters. The Morgan fingerprint density at radius 3 is 3.12 bits per heavy atom. The number of rotatable bonds is 4. The summed E-state index contributed by atoms with van der Waals surface area (Å²) in [5, 5.41) is 0. The highest BCUT2D eigenvalue weighted by Crippen LogP contribution is 2.27. The van der Waals surface area contributed by atoms with Crippen molar-refractivity contribution in [3.05, 3.63) is 29.6 Å². The van der Waals surface area contributed by atoms with Gasteiger partial charge < -0.3 is 9.64 Å². The molecule has 2 rings (SSSR count). The van der Waals surface area contributed by atoms with E-state index in [1.54, 1.807) is 13.2 Å². The summed E-state index contributed by atoms with van der Waals surface area (Å²) in [6, 6.07) is 4.35. The van der Waals surface area contributed by atoms with Crippen LogP contribution in [0.4, 0.5) is 10.1 Å². The lowest BCUT2D eigenvalue weighted by molar-refractivity contribution is 0.112. The fourth-order valence-corrected chi connectivity index (χ4v) is 2.33. The average Bonchev–Trinajstić information content (AvgIpc) is 2.78. The minimum Gasteiger partial charge on any atom is -0.384 e. The molecule has 0 spiro atoms. The van der Waals surface area contributed by atoms with E-state index in [4.69, 9.17) is 4.74 Å². The van der Waals surface area contributed by atoms with Crippen LogP contribution >= 0.6 is 0 Å². The van der Waals surface area contributed by atoms with Crippen molar-refractivity contribution >= 4 is 12.0 Å². The molecule has 1 atom stereocenters. The molecule has 0 aromatic heterocycles. The highest BCUT2D eigenvalue weighted by Gasteiger charge is 2.24. The van der Waals surface area contributed by atoms with Gasteiger partial charge in [0.15, 0.2) is 6.29 Å². The van der Waals surface area contributed by atoms with Gasteiger partial charge in [0.1, 0.15) is 5.82 Å². The van der Waals surface area contributed by atoms with Gasteiger partial charge in [-0.1, -0.05) is 0 Å². The predicted molar refractivity (Wildman–Crippen MR) is 64.0 cm³/mol. The maximum atomic E-state index is 13.0. The van der Waals surface area contributed by atoms with Gasteiger partial charge in [-0.3, -0.25) is 4.79 Å². The highest BCUT2D eigenvalue weighted by molar-refractivity contribution is 5.84. The van der Waals surface area contributed by atoms with Crippen molar-refractivity contribution in [3.8, 4) is 0 Å². The molecule has 0 saturated carbocycles. The van der Waals surface area contributed by atoms with Crippen LogP contribution in [0.3, 0.4) is 0 Å². The van der Waals surface area contributed by atoms with Crippen LogP contribution in [-0.4, -0.2) is 33.1 Å². The Balaban J connectivity index is 2.15. The zero-order valence-electron chi connectivity index (χ0n) is 9.86. The molecule has 17 heavy (non-hydrogen) atoms. The number of ether oxygens (including phenoxy) is 1. The van der Waals surface area contributed by atoms with Gasteiger partial charge in [0.2, 0.25) is 0 Å². The molecule has 0 N–H and O–H groups in total. The predicted octanol–water partition coefficient (Wildman–Crippen LogP) is 2.11. The molecule has 1 aliphatic heterocycles. The quantitative estimate of drug-likeness (QED) is 0.751. The van der Waals surface area contributed by atoms with E-state index >= 15 is 0 Å². The second kappa shape index (κ2) is 5.27. The second-order valence-corrected chi connectivity index (χ2v) is 4.38. The number of aldehydes is 1. The van der Waals surface area contributed by atoms with Crippen molar-refractivity contribution in [1.29, 1.82) is 0 Å². The minimum absolute atomic E-state index is 0.372. The summed E-state index contributed by atoms with van der Waals surface area (Å²) in [7, 11) is 1.69. The summed E-state index contributed by atoms with van der Waals surface area (Å²) in [5.41, 5.74) is 1.24. The Kier molecular flexibility index (Phi) is 3.74. The SMILES string of the molecule is COCC1CCN(c2ccc(F)cc2C=O)C1. The molecule has 3 nitrogen and oxygen atoms in total. The standard InChI is InChI=1S/C13H16FNO2/c1-17-9-10-4-5-15(7-10)13-3-2-12(14)6-11(13)8-16/h2-3,6,8,10H,4-5,7,9H2,1H3. The molecule has 0 amide bonds. The third kappa shape index (κ3) is 2.64. The van der Waals surface area contributed by atoms with E-state index in [1.165, 1.54) is 12.1 Å². The van der Waals surface area contributed by atoms with Gasteiger partial charge in [-0.05, 0) is 24.6 Å². The van der Waals surface area contributed by atoms with E-state index in [0.29, 0.717) is 17.8 Å². The molecule has 1 aromatic rings. The van der Waals surface area contributed by atoms with Crippen molar-refractivity contribution in [2.75, 3.05) is 31.7 Å². The third-order valence-electron chi connectivity index (χ3n) is 3.15. The number of hydrogen-bond acceptors (Lipinski definition) is 3. The lowest BCUT2D eigenvalue weighted by Crippen LogP contribution is -2.22. The molecule has 0 bridgehead atoms. The van der Waals surface area contributed by atoms with Crippen molar-refractivity contribution in [2.24, 2.45) is 5.92 Å². The van der Waals surface area contributed by atoms with E-state index in [1.807, 2.05) is 0 Å². The van der Waals surface area contributed by atoms with Gasteiger partial charge in [0.05, 0.1) is 6.61 Å². The van der Waals surface area contributed by atoms with Crippen molar-refractivity contribution in [2.45, 2.75) is 6.42 Å². The van der Waals surface area contributed by atoms with E-state index in [-0.39, 0.29) is 5.82 Å². The summed E-state index contributed by atoms with van der Waals surface area (Å²) in [6.07, 6.45) is 1.76. The van der Waals surface area contributed by atoms with Crippen molar-refractivity contribution < 1.29 is 13.9 Å². The maximum absolute atomic E-state index is 13.0. The van der Waals surface area contributed by atoms with Crippen LogP contribution in [0, 0.1) is 11.7 Å². The number of carbonyl (C=O) groups is 1. The Bertz CT molecular complexity index is 408. The molecule has 92 valence electrons. The molecule has 1 heterocycles. The Morgan fingerprint density at radius 1 is 1.59 bits per heavy atom. The van der Waals surface area contributed by atoms with E-state index in [9.17, 15) is 9.18 Å². The molecular weight excluding hydrogens is 221 g/mol. The first kappa shape index (κ1) is 12.0. The number of nitrogens with zero attached hydrogens (tertiary/aromatic N) is 1. The molecule has 0 aliphatic carbocycles. The number of benzene rings is 1. The lowest BCUT2D eigenvalue weighted by Gasteiger charge is -2.20. The molecule has 1 aromatic carbocycles. The number of halogens is 1. The molecule has 0 radical (unpaired) electrons. The Hall–Kier alpha value is -1.42. The zero-order chi connectivity index (χ0) is 12.3. The molecule has 1 saturated heterocycles. The van der Waals surface area contributed by atoms with Gasteiger partial charge in [0.25, 0.3) is 0 Å². The van der Waals surface area contributed by atoms with Gasteiger partial charge in [-0.2, -0.15) is 0 Å². The van der Waals surface area contributed by atoms with Gasteiger partial charge in [-0.15, -0.1) is 0 Å². The van der Waals surface area contributed by atoms with Gasteiger partial charge in [0, 0.05) is 37.4 Å². The van der Waals surface area contributed by atoms with Crippen molar-refractivity contribution in [3.63, 3.8) is 0 Å². The molecule has 1 fully saturated rings. The van der Waals surface area contributed by atoms with Crippen LogP contribution in [0.25, 0.3) is 0 Å². The molecular formula is C13H16FNO2. The minimum atomic E-state index is -0.372. The lowest BCUT2D eigenvalue weighted by atomic mass is 10.1. The molecule has 4 heteroatoms. The van der Waals surface area contributed by atoms with Gasteiger partial charge in [-0.25, -0.2) is 4.39 Å². The number of anilines is 1. The van der Waals surface area contributed by atoms with E-state index in [0.717, 1.165) is 31.8 Å². The first-order valence-electron chi connectivity index (χ1n) is 5.73. The summed E-state index contributed by atoms with van der Waals surface area (Å²) >= 11 is 0. The molecule has 1 aliphatic rings. The fraction of sp³-hybridized carbons (Fsp3) is 0.462. The Labute approximate surface area is 100 Å². The smallest absolute Gasteiger partial charge is 0.152 e. The zero-order valence-corrected chi connectivity index (χ0v) is 9.86. The van der Waals surface area contributed by atoms with E-state index < -0.39 is 0 Å². The summed E-state index contributed by atoms with van der Waals surface area (Å²) in [6.45, 7) is 2.48. The van der Waals surface area contributed by atoms with Crippen LogP contribution in [0.5, 0.6) is 0 Å². The van der Waals surface area contributed by atoms with Crippen LogP contribution in [-0.2, 0) is 4.74 Å². The average molecular weight is 237 g/mol. The largest absolute Gasteiger partial charge is 0.384 e. The van der Waals surface area contributed by atoms with Crippen molar-refractivity contribution in [1.82, 2.24) is 0 Å². The normalized spacial score (nSPS) is 19.6. The van der Waals surface area contributed by atoms with Crippen LogP contribution in [0.1, 0.15) is 16.8 Å². The summed E-state index contributed by atoms with van der Waals surface area (Å²) in [4.78, 5) is 13.0. The monoisotopic (exact) mass is 237 g/mol. The first-order chi connectivity index (χ1) is 8.24. The summed E-state index contributed by atoms with van der Waals surface area (Å²) in [5.74, 6) is 0.119. The van der Waals surface area contributed by atoms with E-state index in [2.05, 4.69) is 4.90 Å². The number of hydrogen-bond donors (Lipinski definition) is 0. The summed E-state index contributed by atoms with van der Waals surface area (Å²) < 4.78 is 18.2. The second-order valence-electron chi connectivity index (χ2n) is 4.38. The third-order valence-corrected chi connectivity index (χ3v) is 3.15. The maximum Gasteiger partial charge on any atom is 0.152 e. The topological polar surface area (TPSA) is 29.5 Å². The van der Waals surface area contributed by atoms with Crippen LogP contribution in [0.2, 0.25) is 0 Å². The number of carbonyl (C=O) groups excluding carboxylic acids is 1. The Morgan fingerprint density at radius 2 is 2.41 bits per heavy atom. The first-order valence-corrected chi connectivity index (χ1v) is 5.73.